The number of pyridine rings is 1. The summed E-state index contributed by atoms with van der Waals surface area (Å²) in [7, 11) is 0. The van der Waals surface area contributed by atoms with Gasteiger partial charge in [-0.15, -0.1) is 0 Å². The SMILES string of the molecule is O=C(O)c1[nH]c(-c2ccccc2C(F)(F)F)cc(=O)c1O. The molecule has 1 aromatic heterocycles. The molecule has 0 saturated heterocycles. The number of aromatic hydroxyl groups is 1. The van der Waals surface area contributed by atoms with Crippen LogP contribution in [0.2, 0.25) is 0 Å². The van der Waals surface area contributed by atoms with Gasteiger partial charge in [-0.1, -0.05) is 18.2 Å². The Kier molecular flexibility index (Phi) is 3.46. The van der Waals surface area contributed by atoms with Crippen LogP contribution in [0, 0.1) is 0 Å². The van der Waals surface area contributed by atoms with Crippen molar-refractivity contribution in [2.24, 2.45) is 0 Å². The van der Waals surface area contributed by atoms with Gasteiger partial charge in [0, 0.05) is 11.6 Å². The van der Waals surface area contributed by atoms with E-state index in [1.54, 1.807) is 0 Å². The number of carboxylic acids is 1. The quantitative estimate of drug-likeness (QED) is 0.794. The van der Waals surface area contributed by atoms with Gasteiger partial charge in [0.05, 0.1) is 11.3 Å². The molecule has 1 aromatic carbocycles. The Morgan fingerprint density at radius 2 is 1.81 bits per heavy atom. The van der Waals surface area contributed by atoms with Crippen LogP contribution in [0.15, 0.2) is 35.1 Å². The molecule has 0 unspecified atom stereocenters. The molecule has 2 rings (SSSR count). The lowest BCUT2D eigenvalue weighted by Crippen LogP contribution is -2.13. The van der Waals surface area contributed by atoms with Crippen molar-refractivity contribution < 1.29 is 28.2 Å². The second-order valence-electron chi connectivity index (χ2n) is 4.12. The highest BCUT2D eigenvalue weighted by molar-refractivity contribution is 5.89. The molecule has 0 radical (unpaired) electrons. The number of alkyl halides is 3. The molecule has 2 aromatic rings. The molecule has 0 saturated carbocycles. The summed E-state index contributed by atoms with van der Waals surface area (Å²) < 4.78 is 38.7. The third kappa shape index (κ3) is 2.73. The zero-order valence-electron chi connectivity index (χ0n) is 10.2. The Hall–Kier alpha value is -2.77. The number of benzene rings is 1. The molecule has 21 heavy (non-hydrogen) atoms. The van der Waals surface area contributed by atoms with Gasteiger partial charge in [0.1, 0.15) is 0 Å². The number of aromatic amines is 1. The molecule has 0 aliphatic rings. The smallest absolute Gasteiger partial charge is 0.417 e. The van der Waals surface area contributed by atoms with Crippen molar-refractivity contribution in [2.45, 2.75) is 6.18 Å². The summed E-state index contributed by atoms with van der Waals surface area (Å²) in [5.41, 5.74) is -3.71. The largest absolute Gasteiger partial charge is 0.502 e. The molecule has 0 aliphatic carbocycles. The summed E-state index contributed by atoms with van der Waals surface area (Å²) in [4.78, 5) is 24.5. The number of nitrogens with one attached hydrogen (secondary N) is 1. The van der Waals surface area contributed by atoms with E-state index < -0.39 is 34.6 Å². The Balaban J connectivity index is 2.75. The maximum Gasteiger partial charge on any atom is 0.417 e. The number of aromatic nitrogens is 1. The first kappa shape index (κ1) is 14.6. The van der Waals surface area contributed by atoms with E-state index in [0.717, 1.165) is 12.1 Å². The van der Waals surface area contributed by atoms with E-state index >= 15 is 0 Å². The van der Waals surface area contributed by atoms with Gasteiger partial charge in [-0.2, -0.15) is 13.2 Å². The number of H-pyrrole nitrogens is 1. The minimum absolute atomic E-state index is 0.344. The van der Waals surface area contributed by atoms with Crippen molar-refractivity contribution in [3.63, 3.8) is 0 Å². The fourth-order valence-electron chi connectivity index (χ4n) is 1.82. The van der Waals surface area contributed by atoms with Crippen LogP contribution in [0.3, 0.4) is 0 Å². The third-order valence-electron chi connectivity index (χ3n) is 2.74. The summed E-state index contributed by atoms with van der Waals surface area (Å²) in [6.07, 6.45) is -4.67. The molecule has 0 aliphatic heterocycles. The lowest BCUT2D eigenvalue weighted by atomic mass is 10.0. The summed E-state index contributed by atoms with van der Waals surface area (Å²) in [5.74, 6) is -2.72. The average Bonchev–Trinajstić information content (AvgIpc) is 2.40. The minimum atomic E-state index is -4.67. The van der Waals surface area contributed by atoms with Crippen LogP contribution < -0.4 is 5.43 Å². The molecule has 0 spiro atoms. The van der Waals surface area contributed by atoms with E-state index in [0.29, 0.717) is 6.07 Å². The first-order valence-corrected chi connectivity index (χ1v) is 5.58. The highest BCUT2D eigenvalue weighted by atomic mass is 19.4. The zero-order valence-corrected chi connectivity index (χ0v) is 10.2. The molecular formula is C13H8F3NO4. The first-order valence-electron chi connectivity index (χ1n) is 5.58. The van der Waals surface area contributed by atoms with Crippen LogP contribution in [0.1, 0.15) is 16.1 Å². The van der Waals surface area contributed by atoms with Gasteiger partial charge >= 0.3 is 12.1 Å². The summed E-state index contributed by atoms with van der Waals surface area (Å²) >= 11 is 0. The Bertz CT molecular complexity index is 765. The molecular weight excluding hydrogens is 291 g/mol. The molecule has 1 heterocycles. The highest BCUT2D eigenvalue weighted by Gasteiger charge is 2.33. The van der Waals surface area contributed by atoms with Crippen LogP contribution in [-0.4, -0.2) is 21.2 Å². The highest BCUT2D eigenvalue weighted by Crippen LogP contribution is 2.36. The van der Waals surface area contributed by atoms with Crippen LogP contribution in [0.4, 0.5) is 13.2 Å². The van der Waals surface area contributed by atoms with Gasteiger partial charge in [-0.3, -0.25) is 4.79 Å². The monoisotopic (exact) mass is 299 g/mol. The van der Waals surface area contributed by atoms with E-state index in [-0.39, 0.29) is 11.3 Å². The second kappa shape index (κ2) is 4.97. The number of hydrogen-bond donors (Lipinski definition) is 3. The van der Waals surface area contributed by atoms with Crippen LogP contribution in [0.5, 0.6) is 5.75 Å². The summed E-state index contributed by atoms with van der Waals surface area (Å²) in [5, 5.41) is 18.2. The summed E-state index contributed by atoms with van der Waals surface area (Å²) in [6.45, 7) is 0. The topological polar surface area (TPSA) is 90.4 Å². The standard InChI is InChI=1S/C13H8F3NO4/c14-13(15,16)7-4-2-1-3-6(7)8-5-9(18)11(19)10(17-8)12(20)21/h1-5,19H,(H,17,18)(H,20,21). The molecule has 0 atom stereocenters. The number of hydrogen-bond acceptors (Lipinski definition) is 3. The average molecular weight is 299 g/mol. The van der Waals surface area contributed by atoms with Gasteiger partial charge in [0.25, 0.3) is 0 Å². The Morgan fingerprint density at radius 3 is 2.38 bits per heavy atom. The predicted octanol–water partition coefficient (Wildman–Crippen LogP) is 2.46. The van der Waals surface area contributed by atoms with Crippen molar-refractivity contribution in [3.05, 3.63) is 51.8 Å². The molecule has 0 amide bonds. The Morgan fingerprint density at radius 1 is 1.19 bits per heavy atom. The summed E-state index contributed by atoms with van der Waals surface area (Å²) in [6, 6.07) is 5.10. The molecule has 110 valence electrons. The van der Waals surface area contributed by atoms with Crippen molar-refractivity contribution in [1.29, 1.82) is 0 Å². The Labute approximate surface area is 115 Å². The lowest BCUT2D eigenvalue weighted by molar-refractivity contribution is -0.137. The number of aromatic carboxylic acids is 1. The van der Waals surface area contributed by atoms with E-state index in [1.165, 1.54) is 12.1 Å². The minimum Gasteiger partial charge on any atom is -0.502 e. The molecule has 5 nitrogen and oxygen atoms in total. The maximum absolute atomic E-state index is 12.9. The van der Waals surface area contributed by atoms with E-state index in [2.05, 4.69) is 4.98 Å². The molecule has 0 bridgehead atoms. The van der Waals surface area contributed by atoms with Crippen molar-refractivity contribution in [2.75, 3.05) is 0 Å². The van der Waals surface area contributed by atoms with Gasteiger partial charge in [-0.25, -0.2) is 4.79 Å². The number of rotatable bonds is 2. The number of carboxylic acid groups (broad SMARTS) is 1. The van der Waals surface area contributed by atoms with E-state index in [1.807, 2.05) is 0 Å². The molecule has 8 heteroatoms. The van der Waals surface area contributed by atoms with Crippen LogP contribution >= 0.6 is 0 Å². The zero-order chi connectivity index (χ0) is 15.8. The molecule has 0 fully saturated rings. The molecule has 3 N–H and O–H groups in total. The number of halogens is 3. The third-order valence-corrected chi connectivity index (χ3v) is 2.74. The normalized spacial score (nSPS) is 11.4. The fourth-order valence-corrected chi connectivity index (χ4v) is 1.82. The predicted molar refractivity (Wildman–Crippen MR) is 66.1 cm³/mol. The van der Waals surface area contributed by atoms with Gasteiger partial charge < -0.3 is 15.2 Å². The van der Waals surface area contributed by atoms with Crippen molar-refractivity contribution >= 4 is 5.97 Å². The van der Waals surface area contributed by atoms with Crippen molar-refractivity contribution in [1.82, 2.24) is 4.98 Å². The van der Waals surface area contributed by atoms with Crippen molar-refractivity contribution in [3.8, 4) is 17.0 Å². The second-order valence-corrected chi connectivity index (χ2v) is 4.12. The number of carbonyl (C=O) groups is 1. The fraction of sp³-hybridized carbons (Fsp3) is 0.0769. The van der Waals surface area contributed by atoms with Gasteiger partial charge in [0.15, 0.2) is 11.4 Å². The van der Waals surface area contributed by atoms with Crippen LogP contribution in [-0.2, 0) is 6.18 Å². The maximum atomic E-state index is 12.9. The van der Waals surface area contributed by atoms with E-state index in [9.17, 15) is 27.9 Å². The van der Waals surface area contributed by atoms with Crippen LogP contribution in [0.25, 0.3) is 11.3 Å². The van der Waals surface area contributed by atoms with E-state index in [4.69, 9.17) is 5.11 Å². The lowest BCUT2D eigenvalue weighted by Gasteiger charge is -2.13. The first-order chi connectivity index (χ1) is 9.71. The van der Waals surface area contributed by atoms with Gasteiger partial charge in [0.2, 0.25) is 5.43 Å². The van der Waals surface area contributed by atoms with Gasteiger partial charge in [-0.05, 0) is 6.07 Å².